The Morgan fingerprint density at radius 1 is 1.14 bits per heavy atom. The lowest BCUT2D eigenvalue weighted by molar-refractivity contribution is -0.0511. The summed E-state index contributed by atoms with van der Waals surface area (Å²) >= 11 is 0. The first kappa shape index (κ1) is 18.8. The van der Waals surface area contributed by atoms with Crippen LogP contribution in [0, 0.1) is 0 Å². The summed E-state index contributed by atoms with van der Waals surface area (Å²) in [6.07, 6.45) is -0.375. The molecule has 1 saturated heterocycles. The Kier molecular flexibility index (Phi) is 5.23. The molecular formula is C19H23N5O4. The minimum atomic E-state index is -1.20. The van der Waals surface area contributed by atoms with Gasteiger partial charge in [-0.05, 0) is 12.0 Å². The fourth-order valence-electron chi connectivity index (χ4n) is 3.53. The smallest absolute Gasteiger partial charge is 0.167 e. The molecule has 3 aromatic rings. The van der Waals surface area contributed by atoms with E-state index in [-0.39, 0.29) is 6.04 Å². The number of hydrogen-bond acceptors (Lipinski definition) is 8. The van der Waals surface area contributed by atoms with E-state index in [1.807, 2.05) is 18.2 Å². The maximum atomic E-state index is 10.3. The largest absolute Gasteiger partial charge is 0.394 e. The maximum Gasteiger partial charge on any atom is 0.167 e. The molecule has 0 spiro atoms. The lowest BCUT2D eigenvalue weighted by Crippen LogP contribution is -2.33. The van der Waals surface area contributed by atoms with Gasteiger partial charge >= 0.3 is 0 Å². The molecule has 1 aromatic carbocycles. The van der Waals surface area contributed by atoms with Gasteiger partial charge in [-0.1, -0.05) is 37.3 Å². The SMILES string of the molecule is CCC(Nc1ncnc2c1ncn2[C@@H]1O[C@H](CO)C(O)[C@@H]1O)c1ccccc1. The second kappa shape index (κ2) is 7.80. The van der Waals surface area contributed by atoms with Crippen LogP contribution in [-0.2, 0) is 4.74 Å². The summed E-state index contributed by atoms with van der Waals surface area (Å²) < 4.78 is 7.14. The molecule has 0 bridgehead atoms. The molecule has 28 heavy (non-hydrogen) atoms. The van der Waals surface area contributed by atoms with E-state index in [4.69, 9.17) is 4.74 Å². The fourth-order valence-corrected chi connectivity index (χ4v) is 3.53. The first-order chi connectivity index (χ1) is 13.6. The lowest BCUT2D eigenvalue weighted by atomic mass is 10.0. The average Bonchev–Trinajstić information content (AvgIpc) is 3.28. The van der Waals surface area contributed by atoms with Crippen molar-refractivity contribution < 1.29 is 20.1 Å². The molecule has 1 aliphatic heterocycles. The number of benzene rings is 1. The van der Waals surface area contributed by atoms with Crippen molar-refractivity contribution in [2.24, 2.45) is 0 Å². The van der Waals surface area contributed by atoms with Crippen LogP contribution in [0.3, 0.4) is 0 Å². The van der Waals surface area contributed by atoms with Crippen LogP contribution < -0.4 is 5.32 Å². The number of hydrogen-bond donors (Lipinski definition) is 4. The number of aromatic nitrogens is 4. The number of aliphatic hydroxyl groups is 3. The van der Waals surface area contributed by atoms with E-state index < -0.39 is 31.1 Å². The summed E-state index contributed by atoms with van der Waals surface area (Å²) in [5.74, 6) is 0.575. The van der Waals surface area contributed by atoms with Gasteiger partial charge in [-0.25, -0.2) is 15.0 Å². The Balaban J connectivity index is 1.66. The van der Waals surface area contributed by atoms with E-state index >= 15 is 0 Å². The van der Waals surface area contributed by atoms with Crippen LogP contribution in [0.25, 0.3) is 11.2 Å². The molecule has 0 aliphatic carbocycles. The van der Waals surface area contributed by atoms with Gasteiger partial charge in [0.05, 0.1) is 19.0 Å². The molecule has 9 nitrogen and oxygen atoms in total. The van der Waals surface area contributed by atoms with Crippen molar-refractivity contribution in [2.75, 3.05) is 11.9 Å². The van der Waals surface area contributed by atoms with Gasteiger partial charge in [0.2, 0.25) is 0 Å². The third-order valence-corrected chi connectivity index (χ3v) is 5.07. The summed E-state index contributed by atoms with van der Waals surface area (Å²) in [6.45, 7) is 1.69. The predicted octanol–water partition coefficient (Wildman–Crippen LogP) is 1.00. The average molecular weight is 385 g/mol. The Hall–Kier alpha value is -2.59. The van der Waals surface area contributed by atoms with Crippen LogP contribution in [-0.4, -0.2) is 59.8 Å². The number of nitrogens with zero attached hydrogens (tertiary/aromatic N) is 4. The van der Waals surface area contributed by atoms with E-state index in [9.17, 15) is 15.3 Å². The molecule has 0 saturated carbocycles. The van der Waals surface area contributed by atoms with Gasteiger partial charge in [0.15, 0.2) is 23.2 Å². The van der Waals surface area contributed by atoms with Crippen molar-refractivity contribution in [3.8, 4) is 0 Å². The van der Waals surface area contributed by atoms with Gasteiger partial charge in [-0.15, -0.1) is 0 Å². The third-order valence-electron chi connectivity index (χ3n) is 5.07. The molecule has 4 N–H and O–H groups in total. The van der Waals surface area contributed by atoms with E-state index in [0.717, 1.165) is 12.0 Å². The molecule has 0 radical (unpaired) electrons. The van der Waals surface area contributed by atoms with E-state index in [1.165, 1.54) is 12.7 Å². The van der Waals surface area contributed by atoms with Crippen molar-refractivity contribution in [1.82, 2.24) is 19.5 Å². The highest BCUT2D eigenvalue weighted by atomic mass is 16.6. The molecule has 9 heteroatoms. The molecule has 3 heterocycles. The molecule has 0 amide bonds. The van der Waals surface area contributed by atoms with Crippen LogP contribution in [0.5, 0.6) is 0 Å². The second-order valence-corrected chi connectivity index (χ2v) is 6.79. The summed E-state index contributed by atoms with van der Waals surface area (Å²) in [5, 5.41) is 33.0. The Bertz CT molecular complexity index is 934. The molecule has 1 fully saturated rings. The number of imidazole rings is 1. The fraction of sp³-hybridized carbons (Fsp3) is 0.421. The van der Waals surface area contributed by atoms with Crippen LogP contribution >= 0.6 is 0 Å². The molecule has 2 unspecified atom stereocenters. The number of rotatable bonds is 6. The van der Waals surface area contributed by atoms with Crippen LogP contribution in [0.15, 0.2) is 43.0 Å². The summed E-state index contributed by atoms with van der Waals surface area (Å²) in [6, 6.07) is 10.1. The molecule has 4 rings (SSSR count). The molecule has 148 valence electrons. The number of nitrogens with one attached hydrogen (secondary N) is 1. The highest BCUT2D eigenvalue weighted by Gasteiger charge is 2.44. The second-order valence-electron chi connectivity index (χ2n) is 6.79. The molecule has 2 aromatic heterocycles. The standard InChI is InChI=1S/C19H23N5O4/c1-2-12(11-6-4-3-5-7-11)23-17-14-18(21-9-20-17)24(10-22-14)19-16(27)15(26)13(8-25)28-19/h3-7,9-10,12-13,15-16,19,25-27H,2,8H2,1H3,(H,20,21,23)/t12?,13-,15?,16+,19-/m1/s1. The third kappa shape index (κ3) is 3.22. The number of fused-ring (bicyclic) bond motifs is 1. The quantitative estimate of drug-likeness (QED) is 0.495. The van der Waals surface area contributed by atoms with Crippen molar-refractivity contribution in [2.45, 2.75) is 43.9 Å². The zero-order valence-electron chi connectivity index (χ0n) is 15.4. The Morgan fingerprint density at radius 3 is 2.61 bits per heavy atom. The predicted molar refractivity (Wildman–Crippen MR) is 101 cm³/mol. The van der Waals surface area contributed by atoms with E-state index in [1.54, 1.807) is 4.57 Å². The normalized spacial score (nSPS) is 25.9. The monoisotopic (exact) mass is 385 g/mol. The first-order valence-electron chi connectivity index (χ1n) is 9.25. The zero-order chi connectivity index (χ0) is 19.7. The topological polar surface area (TPSA) is 126 Å². The van der Waals surface area contributed by atoms with E-state index in [2.05, 4.69) is 39.3 Å². The molecular weight excluding hydrogens is 362 g/mol. The van der Waals surface area contributed by atoms with Crippen molar-refractivity contribution in [1.29, 1.82) is 0 Å². The van der Waals surface area contributed by atoms with Gasteiger partial charge in [-0.3, -0.25) is 4.57 Å². The van der Waals surface area contributed by atoms with Crippen LogP contribution in [0.2, 0.25) is 0 Å². The summed E-state index contributed by atoms with van der Waals surface area (Å²) in [7, 11) is 0. The van der Waals surface area contributed by atoms with Crippen molar-refractivity contribution in [3.05, 3.63) is 48.5 Å². The van der Waals surface area contributed by atoms with Crippen molar-refractivity contribution >= 4 is 17.0 Å². The highest BCUT2D eigenvalue weighted by Crippen LogP contribution is 2.32. The molecule has 5 atom stereocenters. The number of ether oxygens (including phenoxy) is 1. The molecule has 1 aliphatic rings. The van der Waals surface area contributed by atoms with Crippen LogP contribution in [0.4, 0.5) is 5.82 Å². The van der Waals surface area contributed by atoms with Gasteiger partial charge in [-0.2, -0.15) is 0 Å². The Labute approximate surface area is 161 Å². The van der Waals surface area contributed by atoms with Gasteiger partial charge in [0.1, 0.15) is 24.6 Å². The van der Waals surface area contributed by atoms with Crippen molar-refractivity contribution in [3.63, 3.8) is 0 Å². The zero-order valence-corrected chi connectivity index (χ0v) is 15.4. The first-order valence-corrected chi connectivity index (χ1v) is 9.25. The summed E-state index contributed by atoms with van der Waals surface area (Å²) in [4.78, 5) is 13.0. The number of anilines is 1. The maximum absolute atomic E-state index is 10.3. The number of aliphatic hydroxyl groups excluding tert-OH is 3. The van der Waals surface area contributed by atoms with Gasteiger partial charge < -0.3 is 25.4 Å². The van der Waals surface area contributed by atoms with Crippen LogP contribution in [0.1, 0.15) is 31.2 Å². The minimum absolute atomic E-state index is 0.0540. The van der Waals surface area contributed by atoms with E-state index in [0.29, 0.717) is 17.0 Å². The summed E-state index contributed by atoms with van der Waals surface area (Å²) in [5.41, 5.74) is 2.14. The Morgan fingerprint density at radius 2 is 1.93 bits per heavy atom. The lowest BCUT2D eigenvalue weighted by Gasteiger charge is -2.19. The minimum Gasteiger partial charge on any atom is -0.394 e. The van der Waals surface area contributed by atoms with Gasteiger partial charge in [0.25, 0.3) is 0 Å². The highest BCUT2D eigenvalue weighted by molar-refractivity contribution is 5.83. The van der Waals surface area contributed by atoms with Gasteiger partial charge in [0, 0.05) is 0 Å².